The Balaban J connectivity index is 1.72. The average molecular weight is 424 g/mol. The van der Waals surface area contributed by atoms with Crippen molar-refractivity contribution in [2.24, 2.45) is 0 Å². The fraction of sp³-hybridized carbons (Fsp3) is 0.0435. The number of halogens is 4. The highest BCUT2D eigenvalue weighted by Gasteiger charge is 2.35. The van der Waals surface area contributed by atoms with Gasteiger partial charge in [-0.2, -0.15) is 18.3 Å². The van der Waals surface area contributed by atoms with E-state index in [4.69, 9.17) is 11.6 Å². The minimum absolute atomic E-state index is 0.123. The van der Waals surface area contributed by atoms with Gasteiger partial charge in [0.15, 0.2) is 11.3 Å². The summed E-state index contributed by atoms with van der Waals surface area (Å²) in [7, 11) is 0. The van der Waals surface area contributed by atoms with Crippen LogP contribution in [0.2, 0.25) is 5.02 Å². The molecule has 0 atom stereocenters. The molecule has 0 saturated carbocycles. The lowest BCUT2D eigenvalue weighted by Gasteiger charge is -2.11. The van der Waals surface area contributed by atoms with Crippen molar-refractivity contribution in [3.8, 4) is 22.5 Å². The van der Waals surface area contributed by atoms with Crippen LogP contribution in [0.25, 0.3) is 38.9 Å². The van der Waals surface area contributed by atoms with E-state index in [2.05, 4.69) is 10.1 Å². The molecule has 0 aliphatic rings. The van der Waals surface area contributed by atoms with E-state index in [9.17, 15) is 13.2 Å². The predicted molar refractivity (Wildman–Crippen MR) is 111 cm³/mol. The number of benzene rings is 3. The van der Waals surface area contributed by atoms with Crippen LogP contribution in [-0.2, 0) is 6.18 Å². The molecule has 0 spiro atoms. The second-order valence-corrected chi connectivity index (χ2v) is 7.33. The van der Waals surface area contributed by atoms with E-state index < -0.39 is 11.9 Å². The molecule has 0 aliphatic heterocycles. The van der Waals surface area contributed by atoms with E-state index in [1.54, 1.807) is 36.4 Å². The van der Waals surface area contributed by atoms with Crippen molar-refractivity contribution >= 4 is 28.0 Å². The first kappa shape index (κ1) is 18.6. The maximum atomic E-state index is 13.8. The van der Waals surface area contributed by atoms with Crippen molar-refractivity contribution in [2.75, 3.05) is 0 Å². The highest BCUT2D eigenvalue weighted by atomic mass is 35.5. The zero-order chi connectivity index (χ0) is 20.9. The van der Waals surface area contributed by atoms with Crippen LogP contribution < -0.4 is 0 Å². The van der Waals surface area contributed by atoms with E-state index >= 15 is 0 Å². The quantitative estimate of drug-likeness (QED) is 0.309. The van der Waals surface area contributed by atoms with Gasteiger partial charge in [0.1, 0.15) is 0 Å². The van der Waals surface area contributed by atoms with E-state index in [0.29, 0.717) is 21.8 Å². The number of alkyl halides is 3. The monoisotopic (exact) mass is 423 g/mol. The predicted octanol–water partition coefficient (Wildman–Crippen LogP) is 6.89. The summed E-state index contributed by atoms with van der Waals surface area (Å²) in [5, 5.41) is 6.63. The minimum atomic E-state index is -4.59. The molecule has 0 unspecified atom stereocenters. The second kappa shape index (κ2) is 6.85. The Labute approximate surface area is 174 Å². The van der Waals surface area contributed by atoms with Gasteiger partial charge in [0, 0.05) is 22.2 Å². The Morgan fingerprint density at radius 2 is 1.43 bits per heavy atom. The minimum Gasteiger partial charge on any atom is -0.228 e. The number of nitrogens with zero attached hydrogens (tertiary/aromatic N) is 3. The molecule has 3 aromatic carbocycles. The van der Waals surface area contributed by atoms with Crippen LogP contribution in [0.4, 0.5) is 13.2 Å². The van der Waals surface area contributed by atoms with Gasteiger partial charge in [0.05, 0.1) is 11.4 Å². The van der Waals surface area contributed by atoms with Crippen molar-refractivity contribution in [3.05, 3.63) is 89.6 Å². The molecule has 0 bridgehead atoms. The fourth-order valence-corrected chi connectivity index (χ4v) is 3.56. The molecule has 0 amide bonds. The first-order valence-corrected chi connectivity index (χ1v) is 9.49. The van der Waals surface area contributed by atoms with E-state index in [-0.39, 0.29) is 11.3 Å². The lowest BCUT2D eigenvalue weighted by Crippen LogP contribution is -2.13. The van der Waals surface area contributed by atoms with Gasteiger partial charge in [-0.1, -0.05) is 60.1 Å². The van der Waals surface area contributed by atoms with Gasteiger partial charge in [0.2, 0.25) is 0 Å². The zero-order valence-corrected chi connectivity index (χ0v) is 16.1. The first-order valence-electron chi connectivity index (χ1n) is 9.12. The molecule has 0 aliphatic carbocycles. The zero-order valence-electron chi connectivity index (χ0n) is 15.4. The molecule has 7 heteroatoms. The van der Waals surface area contributed by atoms with E-state index in [0.717, 1.165) is 21.4 Å². The Morgan fingerprint density at radius 3 is 2.17 bits per heavy atom. The van der Waals surface area contributed by atoms with Crippen LogP contribution in [0.1, 0.15) is 5.69 Å². The van der Waals surface area contributed by atoms with Crippen molar-refractivity contribution < 1.29 is 13.2 Å². The lowest BCUT2D eigenvalue weighted by atomic mass is 10.0. The highest BCUT2D eigenvalue weighted by Crippen LogP contribution is 2.34. The van der Waals surface area contributed by atoms with Crippen LogP contribution >= 0.6 is 11.6 Å². The summed E-state index contributed by atoms with van der Waals surface area (Å²) in [5.41, 5.74) is 1.14. The molecule has 0 fully saturated rings. The summed E-state index contributed by atoms with van der Waals surface area (Å²) in [6, 6.07) is 22.5. The molecule has 148 valence electrons. The molecular weight excluding hydrogens is 411 g/mol. The van der Waals surface area contributed by atoms with Gasteiger partial charge in [-0.15, -0.1) is 0 Å². The highest BCUT2D eigenvalue weighted by molar-refractivity contribution is 6.30. The maximum absolute atomic E-state index is 13.8. The van der Waals surface area contributed by atoms with Crippen LogP contribution in [0, 0.1) is 0 Å². The normalized spacial score (nSPS) is 12.0. The smallest absolute Gasteiger partial charge is 0.228 e. The molecule has 2 heterocycles. The standard InChI is InChI=1S/C23H13ClF3N3/c24-18-9-7-15(8-10-18)20-13-22-28-19(12-21(23(25,26)27)30(22)29-20)17-6-5-14-3-1-2-4-16(14)11-17/h1-13H. The fourth-order valence-electron chi connectivity index (χ4n) is 3.43. The summed E-state index contributed by atoms with van der Waals surface area (Å²) in [6.45, 7) is 0. The van der Waals surface area contributed by atoms with Crippen molar-refractivity contribution in [2.45, 2.75) is 6.18 Å². The van der Waals surface area contributed by atoms with Gasteiger partial charge in [-0.3, -0.25) is 0 Å². The maximum Gasteiger partial charge on any atom is 0.433 e. The molecule has 0 saturated heterocycles. The van der Waals surface area contributed by atoms with Gasteiger partial charge < -0.3 is 0 Å². The molecule has 0 radical (unpaired) electrons. The second-order valence-electron chi connectivity index (χ2n) is 6.89. The summed E-state index contributed by atoms with van der Waals surface area (Å²) < 4.78 is 42.3. The van der Waals surface area contributed by atoms with E-state index in [1.165, 1.54) is 0 Å². The molecule has 0 N–H and O–H groups in total. The molecule has 5 rings (SSSR count). The van der Waals surface area contributed by atoms with Crippen molar-refractivity contribution in [1.29, 1.82) is 0 Å². The summed E-state index contributed by atoms with van der Waals surface area (Å²) in [5.74, 6) is 0. The Morgan fingerprint density at radius 1 is 0.733 bits per heavy atom. The van der Waals surface area contributed by atoms with Gasteiger partial charge in [-0.05, 0) is 35.0 Å². The van der Waals surface area contributed by atoms with Gasteiger partial charge in [0.25, 0.3) is 0 Å². The molecule has 30 heavy (non-hydrogen) atoms. The Bertz CT molecular complexity index is 1390. The third kappa shape index (κ3) is 3.29. The summed E-state index contributed by atoms with van der Waals surface area (Å²) in [6.07, 6.45) is -4.59. The van der Waals surface area contributed by atoms with Crippen molar-refractivity contribution in [3.63, 3.8) is 0 Å². The number of hydrogen-bond donors (Lipinski definition) is 0. The Hall–Kier alpha value is -3.38. The Kier molecular flexibility index (Phi) is 4.25. The van der Waals surface area contributed by atoms with Gasteiger partial charge in [-0.25, -0.2) is 9.50 Å². The summed E-state index contributed by atoms with van der Waals surface area (Å²) >= 11 is 5.91. The van der Waals surface area contributed by atoms with Crippen molar-refractivity contribution in [1.82, 2.24) is 14.6 Å². The summed E-state index contributed by atoms with van der Waals surface area (Å²) in [4.78, 5) is 4.46. The first-order chi connectivity index (χ1) is 14.4. The van der Waals surface area contributed by atoms with Crippen LogP contribution in [-0.4, -0.2) is 14.6 Å². The largest absolute Gasteiger partial charge is 0.433 e. The van der Waals surface area contributed by atoms with Crippen LogP contribution in [0.3, 0.4) is 0 Å². The van der Waals surface area contributed by atoms with Gasteiger partial charge >= 0.3 is 6.18 Å². The molecular formula is C23H13ClF3N3. The number of aromatic nitrogens is 3. The topological polar surface area (TPSA) is 30.2 Å². The SMILES string of the molecule is FC(F)(F)c1cc(-c2ccc3ccccc3c2)nc2cc(-c3ccc(Cl)cc3)nn12. The van der Waals surface area contributed by atoms with E-state index in [1.807, 2.05) is 36.4 Å². The van der Waals surface area contributed by atoms with Crippen LogP contribution in [0.15, 0.2) is 78.9 Å². The number of rotatable bonds is 2. The molecule has 5 aromatic rings. The number of hydrogen-bond acceptors (Lipinski definition) is 2. The third-order valence-electron chi connectivity index (χ3n) is 4.90. The third-order valence-corrected chi connectivity index (χ3v) is 5.15. The molecule has 3 nitrogen and oxygen atoms in total. The molecule has 2 aromatic heterocycles. The lowest BCUT2D eigenvalue weighted by molar-refractivity contribution is -0.142. The average Bonchev–Trinajstić information content (AvgIpc) is 3.16. The van der Waals surface area contributed by atoms with Crippen LogP contribution in [0.5, 0.6) is 0 Å². The number of fused-ring (bicyclic) bond motifs is 2.